The van der Waals surface area contributed by atoms with Gasteiger partial charge in [0.25, 0.3) is 0 Å². The molecule has 1 heterocycles. The van der Waals surface area contributed by atoms with Crippen molar-refractivity contribution in [2.24, 2.45) is 4.99 Å². The molecule has 2 N–H and O–H groups in total. The lowest BCUT2D eigenvalue weighted by molar-refractivity contribution is 0.152. The van der Waals surface area contributed by atoms with Crippen molar-refractivity contribution in [2.45, 2.75) is 26.8 Å². The molecule has 0 aliphatic heterocycles. The monoisotopic (exact) mass is 422 g/mol. The first-order chi connectivity index (χ1) is 10.3. The van der Waals surface area contributed by atoms with Crippen LogP contribution in [-0.2, 0) is 11.3 Å². The Bertz CT molecular complexity index is 430. The zero-order chi connectivity index (χ0) is 15.3. The van der Waals surface area contributed by atoms with E-state index in [-0.39, 0.29) is 24.0 Å². The molecule has 0 aromatic carbocycles. The number of aromatic nitrogens is 1. The van der Waals surface area contributed by atoms with Crippen LogP contribution < -0.4 is 15.4 Å². The Morgan fingerprint density at radius 3 is 2.77 bits per heavy atom. The average Bonchev–Trinajstić information content (AvgIpc) is 2.53. The minimum absolute atomic E-state index is 0. The lowest BCUT2D eigenvalue weighted by atomic mass is 10.2. The average molecular weight is 422 g/mol. The van der Waals surface area contributed by atoms with Gasteiger partial charge in [0.05, 0.1) is 13.2 Å². The minimum Gasteiger partial charge on any atom is -0.477 e. The van der Waals surface area contributed by atoms with Crippen molar-refractivity contribution in [1.29, 1.82) is 0 Å². The van der Waals surface area contributed by atoms with E-state index in [0.717, 1.165) is 31.1 Å². The molecule has 0 aliphatic rings. The van der Waals surface area contributed by atoms with Crippen LogP contribution in [0.2, 0.25) is 0 Å². The van der Waals surface area contributed by atoms with Crippen molar-refractivity contribution in [3.05, 3.63) is 23.9 Å². The Balaban J connectivity index is 0.00000441. The first-order valence-corrected chi connectivity index (χ1v) is 7.40. The summed E-state index contributed by atoms with van der Waals surface area (Å²) in [5.74, 6) is 1.41. The summed E-state index contributed by atoms with van der Waals surface area (Å²) < 4.78 is 10.9. The molecule has 1 aromatic rings. The highest BCUT2D eigenvalue weighted by Gasteiger charge is 2.05. The van der Waals surface area contributed by atoms with Crippen LogP contribution in [0.3, 0.4) is 0 Å². The molecule has 0 saturated heterocycles. The highest BCUT2D eigenvalue weighted by Crippen LogP contribution is 2.13. The number of hydrogen-bond acceptors (Lipinski definition) is 4. The zero-order valence-corrected chi connectivity index (χ0v) is 15.9. The van der Waals surface area contributed by atoms with Gasteiger partial charge in [0.2, 0.25) is 5.88 Å². The molecule has 0 bridgehead atoms. The molecular formula is C15H27IN4O2. The molecule has 0 unspecified atom stereocenters. The zero-order valence-electron chi connectivity index (χ0n) is 13.6. The molecule has 0 saturated carbocycles. The van der Waals surface area contributed by atoms with Crippen LogP contribution in [0.1, 0.15) is 25.8 Å². The number of halogens is 1. The van der Waals surface area contributed by atoms with Gasteiger partial charge in [0, 0.05) is 38.5 Å². The molecule has 0 amide bonds. The fourth-order valence-corrected chi connectivity index (χ4v) is 1.67. The van der Waals surface area contributed by atoms with Crippen molar-refractivity contribution in [3.8, 4) is 5.88 Å². The summed E-state index contributed by atoms with van der Waals surface area (Å²) >= 11 is 0. The summed E-state index contributed by atoms with van der Waals surface area (Å²) in [6, 6.07) is 3.90. The molecule has 7 heteroatoms. The standard InChI is InChI=1S/C15H26N4O2.HI/c1-4-10-21-14-13(7-6-8-17-14)12-19-15(16-3)18-9-11-20-5-2;/h6-8H,4-5,9-12H2,1-3H3,(H2,16,18,19);1H. The maximum absolute atomic E-state index is 5.63. The van der Waals surface area contributed by atoms with E-state index in [1.165, 1.54) is 0 Å². The Morgan fingerprint density at radius 2 is 2.09 bits per heavy atom. The van der Waals surface area contributed by atoms with Crippen LogP contribution in [0.25, 0.3) is 0 Å². The Hall–Kier alpha value is -1.09. The van der Waals surface area contributed by atoms with E-state index in [2.05, 4.69) is 27.5 Å². The van der Waals surface area contributed by atoms with E-state index >= 15 is 0 Å². The van der Waals surface area contributed by atoms with E-state index in [0.29, 0.717) is 25.6 Å². The first kappa shape index (κ1) is 20.9. The third-order valence-electron chi connectivity index (χ3n) is 2.71. The van der Waals surface area contributed by atoms with E-state index in [9.17, 15) is 0 Å². The van der Waals surface area contributed by atoms with Gasteiger partial charge < -0.3 is 20.1 Å². The Kier molecular flexibility index (Phi) is 12.9. The summed E-state index contributed by atoms with van der Waals surface area (Å²) in [4.78, 5) is 8.43. The smallest absolute Gasteiger partial charge is 0.218 e. The van der Waals surface area contributed by atoms with Gasteiger partial charge in [-0.2, -0.15) is 0 Å². The van der Waals surface area contributed by atoms with Gasteiger partial charge in [-0.05, 0) is 19.4 Å². The lowest BCUT2D eigenvalue weighted by Gasteiger charge is -2.13. The van der Waals surface area contributed by atoms with Crippen LogP contribution in [0.4, 0.5) is 0 Å². The summed E-state index contributed by atoms with van der Waals surface area (Å²) in [6.07, 6.45) is 2.70. The van der Waals surface area contributed by atoms with Crippen LogP contribution in [-0.4, -0.2) is 44.4 Å². The second-order valence-electron chi connectivity index (χ2n) is 4.37. The van der Waals surface area contributed by atoms with Crippen molar-refractivity contribution in [1.82, 2.24) is 15.6 Å². The number of pyridine rings is 1. The normalized spacial score (nSPS) is 10.8. The van der Waals surface area contributed by atoms with E-state index < -0.39 is 0 Å². The first-order valence-electron chi connectivity index (χ1n) is 7.40. The molecule has 0 aliphatic carbocycles. The second-order valence-corrected chi connectivity index (χ2v) is 4.37. The molecule has 0 radical (unpaired) electrons. The van der Waals surface area contributed by atoms with Crippen molar-refractivity contribution in [3.63, 3.8) is 0 Å². The highest BCUT2D eigenvalue weighted by molar-refractivity contribution is 14.0. The summed E-state index contributed by atoms with van der Waals surface area (Å²) in [7, 11) is 1.74. The highest BCUT2D eigenvalue weighted by atomic mass is 127. The topological polar surface area (TPSA) is 67.8 Å². The lowest BCUT2D eigenvalue weighted by Crippen LogP contribution is -2.38. The third kappa shape index (κ3) is 8.38. The van der Waals surface area contributed by atoms with Crippen molar-refractivity contribution in [2.75, 3.05) is 33.4 Å². The molecule has 1 aromatic heterocycles. The molecule has 6 nitrogen and oxygen atoms in total. The Morgan fingerprint density at radius 1 is 1.27 bits per heavy atom. The minimum atomic E-state index is 0. The molecule has 1 rings (SSSR count). The molecule has 126 valence electrons. The number of rotatable bonds is 9. The SMILES string of the molecule is CCCOc1ncccc1CNC(=NC)NCCOCC.I. The maximum atomic E-state index is 5.63. The van der Waals surface area contributed by atoms with Crippen LogP contribution in [0, 0.1) is 0 Å². The van der Waals surface area contributed by atoms with Gasteiger partial charge in [0.15, 0.2) is 5.96 Å². The number of hydrogen-bond donors (Lipinski definition) is 2. The predicted octanol–water partition coefficient (Wildman–Crippen LogP) is 2.19. The molecule has 22 heavy (non-hydrogen) atoms. The Labute approximate surface area is 150 Å². The van der Waals surface area contributed by atoms with Gasteiger partial charge >= 0.3 is 0 Å². The predicted molar refractivity (Wildman–Crippen MR) is 100 cm³/mol. The van der Waals surface area contributed by atoms with E-state index in [1.54, 1.807) is 13.2 Å². The van der Waals surface area contributed by atoms with Gasteiger partial charge in [0.1, 0.15) is 0 Å². The van der Waals surface area contributed by atoms with Crippen LogP contribution in [0.15, 0.2) is 23.3 Å². The van der Waals surface area contributed by atoms with Crippen molar-refractivity contribution < 1.29 is 9.47 Å². The van der Waals surface area contributed by atoms with Gasteiger partial charge in [-0.25, -0.2) is 4.98 Å². The molecule has 0 fully saturated rings. The van der Waals surface area contributed by atoms with Gasteiger partial charge in [-0.15, -0.1) is 24.0 Å². The van der Waals surface area contributed by atoms with Crippen molar-refractivity contribution >= 4 is 29.9 Å². The summed E-state index contributed by atoms with van der Waals surface area (Å²) in [5.41, 5.74) is 1.01. The molecule has 0 spiro atoms. The largest absolute Gasteiger partial charge is 0.477 e. The summed E-state index contributed by atoms with van der Waals surface area (Å²) in [6.45, 7) is 7.45. The summed E-state index contributed by atoms with van der Waals surface area (Å²) in [5, 5.41) is 6.43. The van der Waals surface area contributed by atoms with Crippen LogP contribution >= 0.6 is 24.0 Å². The fraction of sp³-hybridized carbons (Fsp3) is 0.600. The van der Waals surface area contributed by atoms with E-state index in [4.69, 9.17) is 9.47 Å². The molecule has 0 atom stereocenters. The van der Waals surface area contributed by atoms with E-state index in [1.807, 2.05) is 19.1 Å². The maximum Gasteiger partial charge on any atom is 0.218 e. The van der Waals surface area contributed by atoms with Gasteiger partial charge in [-0.3, -0.25) is 4.99 Å². The second kappa shape index (κ2) is 13.6. The number of guanidine groups is 1. The number of nitrogens with zero attached hydrogens (tertiary/aromatic N) is 2. The quantitative estimate of drug-likeness (QED) is 0.277. The number of nitrogens with one attached hydrogen (secondary N) is 2. The fourth-order valence-electron chi connectivity index (χ4n) is 1.67. The number of aliphatic imine (C=N–C) groups is 1. The molecular weight excluding hydrogens is 395 g/mol. The van der Waals surface area contributed by atoms with Gasteiger partial charge in [-0.1, -0.05) is 13.0 Å². The van der Waals surface area contributed by atoms with Crippen LogP contribution in [0.5, 0.6) is 5.88 Å². The third-order valence-corrected chi connectivity index (χ3v) is 2.71. The number of ether oxygens (including phenoxy) is 2.